The molecule has 1 aliphatic rings. The Morgan fingerprint density at radius 1 is 1.57 bits per heavy atom. The molecule has 0 aliphatic carbocycles. The number of morpholine rings is 1. The molecule has 1 N–H and O–H groups in total. The molecular weight excluding hydrogens is 312 g/mol. The summed E-state index contributed by atoms with van der Waals surface area (Å²) in [5.41, 5.74) is -0.476. The zero-order valence-electron chi connectivity index (χ0n) is 14.5. The highest BCUT2D eigenvalue weighted by atomic mass is 32.1. The van der Waals surface area contributed by atoms with Gasteiger partial charge in [-0.25, -0.2) is 4.79 Å². The maximum Gasteiger partial charge on any atom is 0.410 e. The number of hydrogen-bond acceptors (Lipinski definition) is 5. The summed E-state index contributed by atoms with van der Waals surface area (Å²) in [5.74, 6) is 0. The van der Waals surface area contributed by atoms with Crippen molar-refractivity contribution in [1.29, 1.82) is 0 Å². The SMILES string of the molecule is CCC(NCC1COCCN1C(=O)OC(C)(C)C)c1cccs1. The van der Waals surface area contributed by atoms with Crippen molar-refractivity contribution in [3.63, 3.8) is 0 Å². The smallest absolute Gasteiger partial charge is 0.410 e. The van der Waals surface area contributed by atoms with E-state index in [1.807, 2.05) is 20.8 Å². The van der Waals surface area contributed by atoms with Gasteiger partial charge in [0, 0.05) is 24.0 Å². The van der Waals surface area contributed by atoms with Crippen LogP contribution in [0.3, 0.4) is 0 Å². The van der Waals surface area contributed by atoms with Gasteiger partial charge < -0.3 is 14.8 Å². The summed E-state index contributed by atoms with van der Waals surface area (Å²) in [7, 11) is 0. The molecule has 0 spiro atoms. The van der Waals surface area contributed by atoms with Gasteiger partial charge in [-0.2, -0.15) is 0 Å². The molecule has 23 heavy (non-hydrogen) atoms. The van der Waals surface area contributed by atoms with Gasteiger partial charge >= 0.3 is 6.09 Å². The number of carbonyl (C=O) groups is 1. The number of nitrogens with one attached hydrogen (secondary N) is 1. The number of nitrogens with zero attached hydrogens (tertiary/aromatic N) is 1. The molecule has 1 saturated heterocycles. The second-order valence-electron chi connectivity index (χ2n) is 6.79. The summed E-state index contributed by atoms with van der Waals surface area (Å²) in [6, 6.07) is 4.54. The van der Waals surface area contributed by atoms with Crippen LogP contribution in [0, 0.1) is 0 Å². The van der Waals surface area contributed by atoms with E-state index in [4.69, 9.17) is 9.47 Å². The summed E-state index contributed by atoms with van der Waals surface area (Å²) in [5, 5.41) is 5.66. The zero-order chi connectivity index (χ0) is 16.9. The lowest BCUT2D eigenvalue weighted by atomic mass is 10.1. The van der Waals surface area contributed by atoms with Crippen LogP contribution in [0.2, 0.25) is 0 Å². The van der Waals surface area contributed by atoms with Crippen LogP contribution in [0.4, 0.5) is 4.79 Å². The summed E-state index contributed by atoms with van der Waals surface area (Å²) < 4.78 is 11.1. The Kier molecular flexibility index (Phi) is 6.44. The van der Waals surface area contributed by atoms with Gasteiger partial charge in [-0.1, -0.05) is 13.0 Å². The molecule has 6 heteroatoms. The first-order valence-electron chi connectivity index (χ1n) is 8.25. The monoisotopic (exact) mass is 340 g/mol. The van der Waals surface area contributed by atoms with Crippen molar-refractivity contribution < 1.29 is 14.3 Å². The van der Waals surface area contributed by atoms with Crippen molar-refractivity contribution in [2.75, 3.05) is 26.3 Å². The molecule has 0 radical (unpaired) electrons. The summed E-state index contributed by atoms with van der Waals surface area (Å²) in [4.78, 5) is 15.5. The Morgan fingerprint density at radius 2 is 2.35 bits per heavy atom. The van der Waals surface area contributed by atoms with Crippen LogP contribution in [-0.2, 0) is 9.47 Å². The van der Waals surface area contributed by atoms with Crippen LogP contribution in [0.5, 0.6) is 0 Å². The lowest BCUT2D eigenvalue weighted by molar-refractivity contribution is -0.0322. The van der Waals surface area contributed by atoms with Crippen LogP contribution >= 0.6 is 11.3 Å². The molecule has 1 amide bonds. The van der Waals surface area contributed by atoms with Crippen LogP contribution in [0.1, 0.15) is 45.0 Å². The molecule has 0 bridgehead atoms. The number of hydrogen-bond donors (Lipinski definition) is 1. The first kappa shape index (κ1) is 18.2. The van der Waals surface area contributed by atoms with Crippen LogP contribution in [-0.4, -0.2) is 48.9 Å². The number of amides is 1. The zero-order valence-corrected chi connectivity index (χ0v) is 15.3. The van der Waals surface area contributed by atoms with E-state index < -0.39 is 5.60 Å². The number of thiophene rings is 1. The molecule has 1 fully saturated rings. The minimum atomic E-state index is -0.476. The number of ether oxygens (including phenoxy) is 2. The predicted molar refractivity (Wildman–Crippen MR) is 92.9 cm³/mol. The average Bonchev–Trinajstić information content (AvgIpc) is 3.01. The predicted octanol–water partition coefficient (Wildman–Crippen LogP) is 3.42. The number of carbonyl (C=O) groups excluding carboxylic acids is 1. The molecule has 2 atom stereocenters. The molecule has 0 aromatic carbocycles. The summed E-state index contributed by atoms with van der Waals surface area (Å²) in [6.07, 6.45) is 0.761. The molecule has 2 heterocycles. The molecular formula is C17H28N2O3S. The van der Waals surface area contributed by atoms with Crippen molar-refractivity contribution in [3.05, 3.63) is 22.4 Å². The topological polar surface area (TPSA) is 50.8 Å². The lowest BCUT2D eigenvalue weighted by Crippen LogP contribution is -2.54. The Bertz CT molecular complexity index is 485. The standard InChI is InChI=1S/C17H28N2O3S/c1-5-14(15-7-6-10-23-15)18-11-13-12-21-9-8-19(13)16(20)22-17(2,3)4/h6-7,10,13-14,18H,5,8-9,11-12H2,1-4H3. The molecule has 0 saturated carbocycles. The fourth-order valence-electron chi connectivity index (χ4n) is 2.60. The van der Waals surface area contributed by atoms with Gasteiger partial charge in [0.05, 0.1) is 19.3 Å². The van der Waals surface area contributed by atoms with Gasteiger partial charge in [-0.3, -0.25) is 4.90 Å². The maximum atomic E-state index is 12.4. The van der Waals surface area contributed by atoms with Crippen molar-refractivity contribution in [2.24, 2.45) is 0 Å². The van der Waals surface area contributed by atoms with Gasteiger partial charge in [-0.05, 0) is 38.6 Å². The molecule has 1 aromatic heterocycles. The van der Waals surface area contributed by atoms with Crippen molar-refractivity contribution >= 4 is 17.4 Å². The van der Waals surface area contributed by atoms with E-state index in [2.05, 4.69) is 29.8 Å². The van der Waals surface area contributed by atoms with Gasteiger partial charge in [0.25, 0.3) is 0 Å². The lowest BCUT2D eigenvalue weighted by Gasteiger charge is -2.37. The van der Waals surface area contributed by atoms with Crippen LogP contribution < -0.4 is 5.32 Å². The molecule has 130 valence electrons. The summed E-state index contributed by atoms with van der Waals surface area (Å²) in [6.45, 7) is 10.2. The Hall–Kier alpha value is -1.11. The van der Waals surface area contributed by atoms with Gasteiger partial charge in [-0.15, -0.1) is 11.3 Å². The molecule has 2 unspecified atom stereocenters. The second kappa shape index (κ2) is 8.13. The molecule has 2 rings (SSSR count). The maximum absolute atomic E-state index is 12.4. The molecule has 1 aromatic rings. The molecule has 1 aliphatic heterocycles. The third kappa shape index (κ3) is 5.48. The Morgan fingerprint density at radius 3 is 2.96 bits per heavy atom. The van der Waals surface area contributed by atoms with E-state index in [9.17, 15) is 4.79 Å². The largest absolute Gasteiger partial charge is 0.444 e. The third-order valence-electron chi connectivity index (χ3n) is 3.75. The van der Waals surface area contributed by atoms with E-state index in [-0.39, 0.29) is 12.1 Å². The highest BCUT2D eigenvalue weighted by Gasteiger charge is 2.31. The highest BCUT2D eigenvalue weighted by Crippen LogP contribution is 2.22. The van der Waals surface area contributed by atoms with Gasteiger partial charge in [0.1, 0.15) is 5.60 Å². The average molecular weight is 340 g/mol. The Labute approximate surface area is 143 Å². The quantitative estimate of drug-likeness (QED) is 0.892. The minimum absolute atomic E-state index is 0.00705. The second-order valence-corrected chi connectivity index (χ2v) is 7.77. The highest BCUT2D eigenvalue weighted by molar-refractivity contribution is 7.10. The normalized spacial score (nSPS) is 20.3. The molecule has 5 nitrogen and oxygen atoms in total. The number of rotatable bonds is 5. The van der Waals surface area contributed by atoms with E-state index in [0.29, 0.717) is 32.3 Å². The van der Waals surface area contributed by atoms with Crippen molar-refractivity contribution in [2.45, 2.75) is 51.8 Å². The van der Waals surface area contributed by atoms with Crippen molar-refractivity contribution in [1.82, 2.24) is 10.2 Å². The van der Waals surface area contributed by atoms with Crippen LogP contribution in [0.25, 0.3) is 0 Å². The van der Waals surface area contributed by atoms with Crippen LogP contribution in [0.15, 0.2) is 17.5 Å². The Balaban J connectivity index is 1.94. The minimum Gasteiger partial charge on any atom is -0.444 e. The first-order valence-corrected chi connectivity index (χ1v) is 9.13. The fourth-order valence-corrected chi connectivity index (χ4v) is 3.48. The fraction of sp³-hybridized carbons (Fsp3) is 0.706. The van der Waals surface area contributed by atoms with E-state index in [1.165, 1.54) is 4.88 Å². The van der Waals surface area contributed by atoms with E-state index in [0.717, 1.165) is 6.42 Å². The van der Waals surface area contributed by atoms with Gasteiger partial charge in [0.2, 0.25) is 0 Å². The van der Waals surface area contributed by atoms with E-state index >= 15 is 0 Å². The van der Waals surface area contributed by atoms with E-state index in [1.54, 1.807) is 16.2 Å². The first-order chi connectivity index (χ1) is 10.9. The third-order valence-corrected chi connectivity index (χ3v) is 4.74. The summed E-state index contributed by atoms with van der Waals surface area (Å²) >= 11 is 1.76. The van der Waals surface area contributed by atoms with Crippen molar-refractivity contribution in [3.8, 4) is 0 Å². The van der Waals surface area contributed by atoms with Gasteiger partial charge in [0.15, 0.2) is 0 Å².